The maximum atomic E-state index is 5.81. The van der Waals surface area contributed by atoms with Crippen LogP contribution in [-0.2, 0) is 0 Å². The number of hydrogen-bond donors (Lipinski definition) is 1. The predicted molar refractivity (Wildman–Crippen MR) is 40.1 cm³/mol. The lowest BCUT2D eigenvalue weighted by atomic mass is 10.1. The molecule has 0 aromatic rings. The first kappa shape index (κ1) is 6.81. The number of rotatable bonds is 0. The Morgan fingerprint density at radius 1 is 1.67 bits per heavy atom. The minimum Gasteiger partial charge on any atom is -0.324 e. The van der Waals surface area contributed by atoms with Crippen molar-refractivity contribution in [1.29, 1.82) is 0 Å². The summed E-state index contributed by atoms with van der Waals surface area (Å²) >= 11 is 0. The van der Waals surface area contributed by atoms with Gasteiger partial charge < -0.3 is 5.73 Å². The van der Waals surface area contributed by atoms with E-state index in [4.69, 9.17) is 5.73 Å². The summed E-state index contributed by atoms with van der Waals surface area (Å²) in [6.07, 6.45) is 4.56. The van der Waals surface area contributed by atoms with Gasteiger partial charge >= 0.3 is 0 Å². The number of nitrogens with two attached hydrogens (primary N) is 1. The molecule has 2 N–H and O–H groups in total. The van der Waals surface area contributed by atoms with Crippen LogP contribution in [0.5, 0.6) is 0 Å². The van der Waals surface area contributed by atoms with Crippen molar-refractivity contribution in [3.8, 4) is 0 Å². The monoisotopic (exact) mass is 125 g/mol. The average molecular weight is 125 g/mol. The lowest BCUT2D eigenvalue weighted by molar-refractivity contribution is 0.594. The van der Waals surface area contributed by atoms with E-state index in [1.807, 2.05) is 0 Å². The maximum Gasteiger partial charge on any atom is 0.0256 e. The van der Waals surface area contributed by atoms with Crippen LogP contribution in [0.4, 0.5) is 0 Å². The molecule has 0 aromatic carbocycles. The summed E-state index contributed by atoms with van der Waals surface area (Å²) in [5.74, 6) is 0.811. The van der Waals surface area contributed by atoms with Gasteiger partial charge in [0.2, 0.25) is 0 Å². The topological polar surface area (TPSA) is 26.0 Å². The number of hydrogen-bond acceptors (Lipinski definition) is 1. The summed E-state index contributed by atoms with van der Waals surface area (Å²) in [7, 11) is 0. The number of allylic oxidation sites excluding steroid dienone is 1. The Morgan fingerprint density at radius 2 is 2.33 bits per heavy atom. The van der Waals surface area contributed by atoms with E-state index in [-0.39, 0.29) is 0 Å². The van der Waals surface area contributed by atoms with E-state index in [1.54, 1.807) is 0 Å². The molecule has 1 nitrogen and oxygen atoms in total. The van der Waals surface area contributed by atoms with Crippen LogP contribution in [0.3, 0.4) is 0 Å². The van der Waals surface area contributed by atoms with Crippen LogP contribution >= 0.6 is 0 Å². The first-order valence-electron chi connectivity index (χ1n) is 3.64. The van der Waals surface area contributed by atoms with E-state index in [2.05, 4.69) is 19.9 Å². The second-order valence-corrected chi connectivity index (χ2v) is 3.02. The molecular weight excluding hydrogens is 110 g/mol. The highest BCUT2D eigenvalue weighted by Gasteiger charge is 2.21. The Hall–Kier alpha value is -0.300. The van der Waals surface area contributed by atoms with Crippen molar-refractivity contribution in [3.05, 3.63) is 11.6 Å². The van der Waals surface area contributed by atoms with E-state index >= 15 is 0 Å². The predicted octanol–water partition coefficient (Wildman–Crippen LogP) is 1.69. The van der Waals surface area contributed by atoms with Crippen molar-refractivity contribution in [2.24, 2.45) is 11.7 Å². The average Bonchev–Trinajstić information content (AvgIpc) is 2.10. The van der Waals surface area contributed by atoms with Crippen LogP contribution in [0, 0.1) is 5.92 Å². The smallest absolute Gasteiger partial charge is 0.0256 e. The molecule has 0 amide bonds. The van der Waals surface area contributed by atoms with Gasteiger partial charge in [0.1, 0.15) is 0 Å². The van der Waals surface area contributed by atoms with Crippen LogP contribution in [0.1, 0.15) is 26.7 Å². The molecule has 0 bridgehead atoms. The summed E-state index contributed by atoms with van der Waals surface area (Å²) in [4.78, 5) is 0. The molecule has 0 heterocycles. The van der Waals surface area contributed by atoms with Gasteiger partial charge in [-0.3, -0.25) is 0 Å². The van der Waals surface area contributed by atoms with Gasteiger partial charge in [0, 0.05) is 6.04 Å². The highest BCUT2D eigenvalue weighted by Crippen LogP contribution is 2.28. The van der Waals surface area contributed by atoms with Crippen molar-refractivity contribution >= 4 is 0 Å². The minimum absolute atomic E-state index is 0.366. The second-order valence-electron chi connectivity index (χ2n) is 3.02. The third-order valence-electron chi connectivity index (χ3n) is 2.09. The molecule has 1 heteroatoms. The highest BCUT2D eigenvalue weighted by molar-refractivity contribution is 5.14. The lowest BCUT2D eigenvalue weighted by Gasteiger charge is -2.00. The molecule has 0 aromatic heterocycles. The van der Waals surface area contributed by atoms with E-state index in [0.717, 1.165) is 5.92 Å². The molecule has 52 valence electrons. The van der Waals surface area contributed by atoms with Gasteiger partial charge in [0.15, 0.2) is 0 Å². The first-order valence-corrected chi connectivity index (χ1v) is 3.64. The molecule has 1 aliphatic rings. The van der Waals surface area contributed by atoms with Crippen LogP contribution in [0.15, 0.2) is 11.6 Å². The highest BCUT2D eigenvalue weighted by atomic mass is 14.7. The molecule has 0 spiro atoms. The van der Waals surface area contributed by atoms with Crippen LogP contribution < -0.4 is 5.73 Å². The van der Waals surface area contributed by atoms with Gasteiger partial charge in [-0.2, -0.15) is 0 Å². The van der Waals surface area contributed by atoms with E-state index < -0.39 is 0 Å². The van der Waals surface area contributed by atoms with Gasteiger partial charge in [0.25, 0.3) is 0 Å². The van der Waals surface area contributed by atoms with Crippen molar-refractivity contribution in [2.45, 2.75) is 32.7 Å². The van der Waals surface area contributed by atoms with Crippen molar-refractivity contribution in [3.63, 3.8) is 0 Å². The molecular formula is C8H15N. The second kappa shape index (κ2) is 2.53. The van der Waals surface area contributed by atoms with Crippen LogP contribution in [-0.4, -0.2) is 6.04 Å². The summed E-state index contributed by atoms with van der Waals surface area (Å²) in [6.45, 7) is 4.34. The third-order valence-corrected chi connectivity index (χ3v) is 2.09. The summed E-state index contributed by atoms with van der Waals surface area (Å²) in [5.41, 5.74) is 7.26. The Kier molecular flexibility index (Phi) is 1.91. The molecule has 0 aliphatic heterocycles. The van der Waals surface area contributed by atoms with E-state index in [1.165, 1.54) is 18.4 Å². The summed E-state index contributed by atoms with van der Waals surface area (Å²) < 4.78 is 0. The van der Waals surface area contributed by atoms with Crippen molar-refractivity contribution < 1.29 is 0 Å². The molecule has 1 fully saturated rings. The molecule has 2 atom stereocenters. The van der Waals surface area contributed by atoms with Gasteiger partial charge in [-0.05, 0) is 25.7 Å². The maximum absolute atomic E-state index is 5.81. The summed E-state index contributed by atoms with van der Waals surface area (Å²) in [5, 5.41) is 0. The fourth-order valence-corrected chi connectivity index (χ4v) is 1.55. The van der Waals surface area contributed by atoms with Gasteiger partial charge in [-0.25, -0.2) is 0 Å². The molecule has 1 rings (SSSR count). The summed E-state index contributed by atoms with van der Waals surface area (Å²) in [6, 6.07) is 0.366. The molecule has 0 radical (unpaired) electrons. The van der Waals surface area contributed by atoms with Gasteiger partial charge in [-0.1, -0.05) is 18.6 Å². The molecule has 1 aliphatic carbocycles. The van der Waals surface area contributed by atoms with E-state index in [9.17, 15) is 0 Å². The molecule has 0 unspecified atom stereocenters. The zero-order chi connectivity index (χ0) is 6.85. The Morgan fingerprint density at radius 3 is 2.56 bits per heavy atom. The van der Waals surface area contributed by atoms with Gasteiger partial charge in [0.05, 0.1) is 0 Å². The Labute approximate surface area is 56.9 Å². The largest absolute Gasteiger partial charge is 0.324 e. The van der Waals surface area contributed by atoms with Gasteiger partial charge in [-0.15, -0.1) is 0 Å². The SMILES string of the molecule is C/C=C1\C[C@H](C)C[C@@H]1N. The quantitative estimate of drug-likeness (QED) is 0.490. The standard InChI is InChI=1S/C8H15N/c1-3-7-4-6(2)5-8(7)9/h3,6,8H,4-5,9H2,1-2H3/b7-3+/t6-,8-/m0/s1. The van der Waals surface area contributed by atoms with Crippen LogP contribution in [0.2, 0.25) is 0 Å². The Balaban J connectivity index is 2.58. The first-order chi connectivity index (χ1) is 4.24. The molecule has 1 saturated carbocycles. The van der Waals surface area contributed by atoms with Crippen LogP contribution in [0.25, 0.3) is 0 Å². The fraction of sp³-hybridized carbons (Fsp3) is 0.750. The Bertz CT molecular complexity index is 127. The fourth-order valence-electron chi connectivity index (χ4n) is 1.55. The van der Waals surface area contributed by atoms with Crippen molar-refractivity contribution in [2.75, 3.05) is 0 Å². The van der Waals surface area contributed by atoms with E-state index in [0.29, 0.717) is 6.04 Å². The van der Waals surface area contributed by atoms with Crippen molar-refractivity contribution in [1.82, 2.24) is 0 Å². The zero-order valence-corrected chi connectivity index (χ0v) is 6.22. The minimum atomic E-state index is 0.366. The zero-order valence-electron chi connectivity index (χ0n) is 6.22. The normalized spacial score (nSPS) is 40.1. The lowest BCUT2D eigenvalue weighted by Crippen LogP contribution is -2.16. The molecule has 0 saturated heterocycles. The molecule has 9 heavy (non-hydrogen) atoms. The third kappa shape index (κ3) is 1.33.